The Hall–Kier alpha value is -1.49. The average Bonchev–Trinajstić information content (AvgIpc) is 2.89. The van der Waals surface area contributed by atoms with Crippen molar-refractivity contribution in [3.05, 3.63) is 35.9 Å². The van der Waals surface area contributed by atoms with Crippen LogP contribution in [0.25, 0.3) is 0 Å². The van der Waals surface area contributed by atoms with E-state index in [4.69, 9.17) is 5.11 Å². The van der Waals surface area contributed by atoms with Gasteiger partial charge in [0.1, 0.15) is 6.04 Å². The summed E-state index contributed by atoms with van der Waals surface area (Å²) in [5.41, 5.74) is 1.21. The lowest BCUT2D eigenvalue weighted by Gasteiger charge is -2.20. The zero-order valence-electron chi connectivity index (χ0n) is 10.6. The zero-order chi connectivity index (χ0) is 13.7. The largest absolute Gasteiger partial charge is 0.480 e. The molecule has 19 heavy (non-hydrogen) atoms. The molecule has 0 spiro atoms. The summed E-state index contributed by atoms with van der Waals surface area (Å²) in [4.78, 5) is 24.5. The monoisotopic (exact) mass is 279 g/mol. The molecule has 2 rings (SSSR count). The van der Waals surface area contributed by atoms with Crippen molar-refractivity contribution in [3.8, 4) is 0 Å². The summed E-state index contributed by atoms with van der Waals surface area (Å²) in [5, 5.41) is 9.03. The Morgan fingerprint density at radius 3 is 2.74 bits per heavy atom. The maximum atomic E-state index is 12.0. The highest BCUT2D eigenvalue weighted by Crippen LogP contribution is 2.22. The third-order valence-corrected chi connectivity index (χ3v) is 4.20. The molecule has 1 N–H and O–H groups in total. The Bertz CT molecular complexity index is 449. The van der Waals surface area contributed by atoms with Gasteiger partial charge in [-0.15, -0.1) is 11.8 Å². The molecule has 0 aromatic heterocycles. The molecule has 1 aliphatic heterocycles. The number of thioether (sulfide) groups is 1. The number of aliphatic carboxylic acids is 1. The molecular weight excluding hydrogens is 262 g/mol. The summed E-state index contributed by atoms with van der Waals surface area (Å²) in [5.74, 6) is 0.0516. The number of carbonyl (C=O) groups excluding carboxylic acids is 1. The second-order valence-corrected chi connectivity index (χ2v) is 5.56. The van der Waals surface area contributed by atoms with Crippen LogP contribution < -0.4 is 0 Å². The van der Waals surface area contributed by atoms with Crippen molar-refractivity contribution in [2.24, 2.45) is 0 Å². The molecule has 5 heteroatoms. The van der Waals surface area contributed by atoms with Gasteiger partial charge in [-0.2, -0.15) is 0 Å². The lowest BCUT2D eigenvalue weighted by molar-refractivity contribution is -0.147. The molecule has 0 unspecified atom stereocenters. The number of carboxylic acids is 1. The summed E-state index contributed by atoms with van der Waals surface area (Å²) < 4.78 is 0. The van der Waals surface area contributed by atoms with Crippen molar-refractivity contribution in [1.82, 2.24) is 4.90 Å². The summed E-state index contributed by atoms with van der Waals surface area (Å²) in [6, 6.07) is 9.36. The Morgan fingerprint density at radius 2 is 2.05 bits per heavy atom. The van der Waals surface area contributed by atoms with Crippen LogP contribution in [0.2, 0.25) is 0 Å². The predicted molar refractivity (Wildman–Crippen MR) is 75.0 cm³/mol. The maximum absolute atomic E-state index is 12.0. The van der Waals surface area contributed by atoms with Gasteiger partial charge in [0.25, 0.3) is 0 Å². The first-order chi connectivity index (χ1) is 9.18. The lowest BCUT2D eigenvalue weighted by Crippen LogP contribution is -2.41. The van der Waals surface area contributed by atoms with E-state index in [2.05, 4.69) is 0 Å². The van der Waals surface area contributed by atoms with Gasteiger partial charge in [0.05, 0.1) is 5.88 Å². The molecule has 0 radical (unpaired) electrons. The third kappa shape index (κ3) is 3.73. The van der Waals surface area contributed by atoms with Crippen molar-refractivity contribution < 1.29 is 14.7 Å². The van der Waals surface area contributed by atoms with Gasteiger partial charge >= 0.3 is 5.97 Å². The Labute approximate surface area is 116 Å². The number of carboxylic acid groups (broad SMARTS) is 1. The zero-order valence-corrected chi connectivity index (χ0v) is 11.4. The SMILES string of the molecule is O=C(O)[C@H]1CSCN1C(=O)CCCc1ccccc1. The van der Waals surface area contributed by atoms with Crippen LogP contribution in [0.5, 0.6) is 0 Å². The Balaban J connectivity index is 1.80. The molecular formula is C14H17NO3S. The van der Waals surface area contributed by atoms with Gasteiger partial charge in [0.15, 0.2) is 0 Å². The van der Waals surface area contributed by atoms with E-state index in [0.717, 1.165) is 12.8 Å². The highest BCUT2D eigenvalue weighted by Gasteiger charge is 2.33. The molecule has 0 bridgehead atoms. The van der Waals surface area contributed by atoms with E-state index in [-0.39, 0.29) is 5.91 Å². The number of carbonyl (C=O) groups is 2. The topological polar surface area (TPSA) is 57.6 Å². The van der Waals surface area contributed by atoms with E-state index in [9.17, 15) is 9.59 Å². The maximum Gasteiger partial charge on any atom is 0.327 e. The van der Waals surface area contributed by atoms with Gasteiger partial charge in [-0.1, -0.05) is 30.3 Å². The second-order valence-electron chi connectivity index (χ2n) is 4.56. The third-order valence-electron chi connectivity index (χ3n) is 3.19. The van der Waals surface area contributed by atoms with Gasteiger partial charge in [-0.05, 0) is 18.4 Å². The minimum Gasteiger partial charge on any atom is -0.480 e. The van der Waals surface area contributed by atoms with Crippen molar-refractivity contribution in [2.45, 2.75) is 25.3 Å². The summed E-state index contributed by atoms with van der Waals surface area (Å²) in [6.07, 6.45) is 2.03. The van der Waals surface area contributed by atoms with Crippen LogP contribution in [-0.2, 0) is 16.0 Å². The molecule has 1 heterocycles. The summed E-state index contributed by atoms with van der Waals surface area (Å²) >= 11 is 1.50. The van der Waals surface area contributed by atoms with Crippen LogP contribution in [0, 0.1) is 0 Å². The molecule has 1 aromatic rings. The fourth-order valence-corrected chi connectivity index (χ4v) is 3.30. The van der Waals surface area contributed by atoms with E-state index in [1.54, 1.807) is 0 Å². The van der Waals surface area contributed by atoms with Gasteiger partial charge in [0, 0.05) is 12.2 Å². The van der Waals surface area contributed by atoms with Crippen LogP contribution in [-0.4, -0.2) is 39.6 Å². The van der Waals surface area contributed by atoms with E-state index in [1.165, 1.54) is 22.2 Å². The first-order valence-corrected chi connectivity index (χ1v) is 7.48. The Morgan fingerprint density at radius 1 is 1.32 bits per heavy atom. The highest BCUT2D eigenvalue weighted by molar-refractivity contribution is 7.99. The quantitative estimate of drug-likeness (QED) is 0.895. The van der Waals surface area contributed by atoms with Crippen LogP contribution in [0.3, 0.4) is 0 Å². The molecule has 1 aromatic carbocycles. The highest BCUT2D eigenvalue weighted by atomic mass is 32.2. The lowest BCUT2D eigenvalue weighted by atomic mass is 10.1. The molecule has 1 amide bonds. The number of benzene rings is 1. The van der Waals surface area contributed by atoms with Crippen molar-refractivity contribution in [2.75, 3.05) is 11.6 Å². The molecule has 0 aliphatic carbocycles. The molecule has 1 fully saturated rings. The number of rotatable bonds is 5. The molecule has 1 atom stereocenters. The van der Waals surface area contributed by atoms with E-state index in [1.807, 2.05) is 30.3 Å². The van der Waals surface area contributed by atoms with E-state index >= 15 is 0 Å². The number of hydrogen-bond donors (Lipinski definition) is 1. The molecule has 4 nitrogen and oxygen atoms in total. The minimum absolute atomic E-state index is 0.0478. The van der Waals surface area contributed by atoms with Crippen LogP contribution >= 0.6 is 11.8 Å². The van der Waals surface area contributed by atoms with Crippen LogP contribution in [0.15, 0.2) is 30.3 Å². The van der Waals surface area contributed by atoms with Crippen molar-refractivity contribution in [3.63, 3.8) is 0 Å². The van der Waals surface area contributed by atoms with Gasteiger partial charge in [0.2, 0.25) is 5.91 Å². The van der Waals surface area contributed by atoms with Crippen molar-refractivity contribution >= 4 is 23.6 Å². The van der Waals surface area contributed by atoms with Gasteiger partial charge in [-0.25, -0.2) is 4.79 Å². The molecule has 1 saturated heterocycles. The van der Waals surface area contributed by atoms with E-state index in [0.29, 0.717) is 18.1 Å². The number of nitrogens with zero attached hydrogens (tertiary/aromatic N) is 1. The Kier molecular flexibility index (Phi) is 4.85. The number of amides is 1. The number of hydrogen-bond acceptors (Lipinski definition) is 3. The summed E-state index contributed by atoms with van der Waals surface area (Å²) in [6.45, 7) is 0. The standard InChI is InChI=1S/C14H17NO3S/c16-13(15-10-19-9-12(15)14(17)18)8-4-7-11-5-2-1-3-6-11/h1-3,5-6,12H,4,7-10H2,(H,17,18)/t12-/m1/s1. The smallest absolute Gasteiger partial charge is 0.327 e. The van der Waals surface area contributed by atoms with Crippen molar-refractivity contribution in [1.29, 1.82) is 0 Å². The van der Waals surface area contributed by atoms with Gasteiger partial charge < -0.3 is 10.0 Å². The first kappa shape index (κ1) is 13.9. The predicted octanol–water partition coefficient (Wildman–Crippen LogP) is 2.00. The molecule has 102 valence electrons. The normalized spacial score (nSPS) is 18.5. The first-order valence-electron chi connectivity index (χ1n) is 6.32. The fraction of sp³-hybridized carbons (Fsp3) is 0.429. The second kappa shape index (κ2) is 6.61. The van der Waals surface area contributed by atoms with Crippen LogP contribution in [0.1, 0.15) is 18.4 Å². The van der Waals surface area contributed by atoms with E-state index < -0.39 is 12.0 Å². The van der Waals surface area contributed by atoms with Crippen LogP contribution in [0.4, 0.5) is 0 Å². The minimum atomic E-state index is -0.901. The van der Waals surface area contributed by atoms with Gasteiger partial charge in [-0.3, -0.25) is 4.79 Å². The summed E-state index contributed by atoms with van der Waals surface area (Å²) in [7, 11) is 0. The number of aryl methyl sites for hydroxylation is 1. The molecule has 0 saturated carbocycles. The molecule has 1 aliphatic rings. The fourth-order valence-electron chi connectivity index (χ4n) is 2.13. The average molecular weight is 279 g/mol.